The Morgan fingerprint density at radius 2 is 2.09 bits per heavy atom. The van der Waals surface area contributed by atoms with Gasteiger partial charge in [0.15, 0.2) is 6.61 Å². The van der Waals surface area contributed by atoms with Gasteiger partial charge in [0.05, 0.1) is 5.69 Å². The van der Waals surface area contributed by atoms with E-state index in [9.17, 15) is 9.59 Å². The van der Waals surface area contributed by atoms with E-state index in [-0.39, 0.29) is 12.4 Å². The number of carbonyl (C=O) groups excluding carboxylic acids is 2. The van der Waals surface area contributed by atoms with Crippen molar-refractivity contribution in [3.05, 3.63) is 46.8 Å². The molecule has 0 radical (unpaired) electrons. The van der Waals surface area contributed by atoms with Gasteiger partial charge in [-0.05, 0) is 31.4 Å². The van der Waals surface area contributed by atoms with E-state index in [0.717, 1.165) is 23.2 Å². The number of amides is 1. The molecule has 0 atom stereocenters. The summed E-state index contributed by atoms with van der Waals surface area (Å²) in [6.45, 7) is 5.24. The standard InChI is InChI=1S/C16H18N2O4/c1-4-12-7-5-6-10(2)15(12)17-14(19)9-21-16(20)13-8-11(3)18-22-13/h5-8H,4,9H2,1-3H3,(H,17,19). The van der Waals surface area contributed by atoms with E-state index in [0.29, 0.717) is 5.69 Å². The fourth-order valence-corrected chi connectivity index (χ4v) is 2.04. The molecular weight excluding hydrogens is 284 g/mol. The minimum Gasteiger partial charge on any atom is -0.450 e. The van der Waals surface area contributed by atoms with Crippen LogP contribution in [0.25, 0.3) is 0 Å². The number of nitrogens with one attached hydrogen (secondary N) is 1. The molecule has 0 fully saturated rings. The number of esters is 1. The third kappa shape index (κ3) is 3.72. The maximum Gasteiger partial charge on any atom is 0.377 e. The van der Waals surface area contributed by atoms with Crippen molar-refractivity contribution < 1.29 is 18.8 Å². The van der Waals surface area contributed by atoms with E-state index < -0.39 is 11.9 Å². The number of nitrogens with zero attached hydrogens (tertiary/aromatic N) is 1. The van der Waals surface area contributed by atoms with Crippen molar-refractivity contribution in [2.75, 3.05) is 11.9 Å². The second kappa shape index (κ2) is 6.89. The Balaban J connectivity index is 1.95. The van der Waals surface area contributed by atoms with Gasteiger partial charge in [-0.3, -0.25) is 4.79 Å². The van der Waals surface area contributed by atoms with E-state index in [1.54, 1.807) is 6.92 Å². The lowest BCUT2D eigenvalue weighted by atomic mass is 10.1. The molecule has 6 heteroatoms. The number of hydrogen-bond acceptors (Lipinski definition) is 5. The third-order valence-electron chi connectivity index (χ3n) is 3.17. The van der Waals surface area contributed by atoms with E-state index in [1.807, 2.05) is 32.0 Å². The average molecular weight is 302 g/mol. The van der Waals surface area contributed by atoms with Gasteiger partial charge in [0.25, 0.3) is 5.91 Å². The highest BCUT2D eigenvalue weighted by Gasteiger charge is 2.16. The van der Waals surface area contributed by atoms with Crippen molar-refractivity contribution in [1.29, 1.82) is 0 Å². The number of para-hydroxylation sites is 1. The first-order chi connectivity index (χ1) is 10.5. The Morgan fingerprint density at radius 3 is 2.73 bits per heavy atom. The summed E-state index contributed by atoms with van der Waals surface area (Å²) in [4.78, 5) is 23.6. The molecule has 6 nitrogen and oxygen atoms in total. The van der Waals surface area contributed by atoms with Crippen molar-refractivity contribution in [1.82, 2.24) is 5.16 Å². The van der Waals surface area contributed by atoms with E-state index in [4.69, 9.17) is 9.26 Å². The summed E-state index contributed by atoms with van der Waals surface area (Å²) in [5, 5.41) is 6.37. The molecule has 0 spiro atoms. The first kappa shape index (κ1) is 15.8. The Labute approximate surface area is 128 Å². The molecule has 1 N–H and O–H groups in total. The zero-order chi connectivity index (χ0) is 16.1. The topological polar surface area (TPSA) is 81.4 Å². The zero-order valence-electron chi connectivity index (χ0n) is 12.8. The van der Waals surface area contributed by atoms with Crippen molar-refractivity contribution in [3.63, 3.8) is 0 Å². The predicted molar refractivity (Wildman–Crippen MR) is 80.7 cm³/mol. The average Bonchev–Trinajstić information content (AvgIpc) is 2.93. The second-order valence-corrected chi connectivity index (χ2v) is 4.92. The van der Waals surface area contributed by atoms with Crippen LogP contribution in [0.1, 0.15) is 34.3 Å². The zero-order valence-corrected chi connectivity index (χ0v) is 12.8. The summed E-state index contributed by atoms with van der Waals surface area (Å²) in [5.41, 5.74) is 3.33. The highest BCUT2D eigenvalue weighted by Crippen LogP contribution is 2.20. The monoisotopic (exact) mass is 302 g/mol. The smallest absolute Gasteiger partial charge is 0.377 e. The number of aryl methyl sites for hydroxylation is 3. The number of benzene rings is 1. The highest BCUT2D eigenvalue weighted by atomic mass is 16.6. The summed E-state index contributed by atoms with van der Waals surface area (Å²) in [6.07, 6.45) is 0.800. The van der Waals surface area contributed by atoms with Crippen LogP contribution in [0.5, 0.6) is 0 Å². The highest BCUT2D eigenvalue weighted by molar-refractivity contribution is 5.95. The molecule has 22 heavy (non-hydrogen) atoms. The first-order valence-corrected chi connectivity index (χ1v) is 7.00. The summed E-state index contributed by atoms with van der Waals surface area (Å²) >= 11 is 0. The molecule has 0 aliphatic heterocycles. The van der Waals surface area contributed by atoms with Crippen LogP contribution in [0.3, 0.4) is 0 Å². The molecule has 0 aliphatic carbocycles. The lowest BCUT2D eigenvalue weighted by molar-refractivity contribution is -0.119. The van der Waals surface area contributed by atoms with E-state index in [1.165, 1.54) is 6.07 Å². The van der Waals surface area contributed by atoms with Gasteiger partial charge >= 0.3 is 5.97 Å². The van der Waals surface area contributed by atoms with Crippen molar-refractivity contribution in [3.8, 4) is 0 Å². The minimum atomic E-state index is -0.712. The minimum absolute atomic E-state index is 0.0181. The largest absolute Gasteiger partial charge is 0.450 e. The molecule has 0 unspecified atom stereocenters. The van der Waals surface area contributed by atoms with Crippen LogP contribution in [0.2, 0.25) is 0 Å². The van der Waals surface area contributed by atoms with Crippen LogP contribution in [-0.4, -0.2) is 23.6 Å². The summed E-state index contributed by atoms with van der Waals surface area (Å²) < 4.78 is 9.68. The van der Waals surface area contributed by atoms with Gasteiger partial charge in [-0.2, -0.15) is 0 Å². The van der Waals surface area contributed by atoms with Crippen LogP contribution in [-0.2, 0) is 16.0 Å². The quantitative estimate of drug-likeness (QED) is 0.859. The van der Waals surface area contributed by atoms with Gasteiger partial charge < -0.3 is 14.6 Å². The first-order valence-electron chi connectivity index (χ1n) is 7.00. The van der Waals surface area contributed by atoms with Gasteiger partial charge in [-0.25, -0.2) is 4.79 Å². The van der Waals surface area contributed by atoms with E-state index in [2.05, 4.69) is 10.5 Å². The lowest BCUT2D eigenvalue weighted by Gasteiger charge is -2.12. The van der Waals surface area contributed by atoms with Crippen molar-refractivity contribution in [2.45, 2.75) is 27.2 Å². The molecule has 0 saturated heterocycles. The van der Waals surface area contributed by atoms with E-state index >= 15 is 0 Å². The lowest BCUT2D eigenvalue weighted by Crippen LogP contribution is -2.22. The number of rotatable bonds is 5. The van der Waals surface area contributed by atoms with Crippen LogP contribution in [0.4, 0.5) is 5.69 Å². The second-order valence-electron chi connectivity index (χ2n) is 4.92. The van der Waals surface area contributed by atoms with Gasteiger partial charge in [-0.1, -0.05) is 30.3 Å². The van der Waals surface area contributed by atoms with Crippen molar-refractivity contribution in [2.24, 2.45) is 0 Å². The molecule has 1 amide bonds. The number of anilines is 1. The molecule has 1 aromatic heterocycles. The van der Waals surface area contributed by atoms with Gasteiger partial charge in [0.2, 0.25) is 5.76 Å². The fourth-order valence-electron chi connectivity index (χ4n) is 2.04. The maximum absolute atomic E-state index is 11.9. The normalized spacial score (nSPS) is 10.3. The number of aromatic nitrogens is 1. The molecule has 1 aromatic carbocycles. The van der Waals surface area contributed by atoms with Crippen LogP contribution >= 0.6 is 0 Å². The molecule has 0 saturated carbocycles. The molecule has 116 valence electrons. The number of carbonyl (C=O) groups is 2. The van der Waals surface area contributed by atoms with Crippen molar-refractivity contribution >= 4 is 17.6 Å². The third-order valence-corrected chi connectivity index (χ3v) is 3.17. The Bertz CT molecular complexity index is 691. The Kier molecular flexibility index (Phi) is 4.93. The van der Waals surface area contributed by atoms with Gasteiger partial charge in [0, 0.05) is 11.8 Å². The molecule has 1 heterocycles. The summed E-state index contributed by atoms with van der Waals surface area (Å²) in [7, 11) is 0. The fraction of sp³-hybridized carbons (Fsp3) is 0.312. The molecular formula is C16H18N2O4. The Morgan fingerprint density at radius 1 is 1.32 bits per heavy atom. The molecule has 2 aromatic rings. The van der Waals surface area contributed by atoms with Gasteiger partial charge in [0.1, 0.15) is 0 Å². The SMILES string of the molecule is CCc1cccc(C)c1NC(=O)COC(=O)c1cc(C)no1. The van der Waals surface area contributed by atoms with Gasteiger partial charge in [-0.15, -0.1) is 0 Å². The van der Waals surface area contributed by atoms with Crippen LogP contribution in [0.15, 0.2) is 28.8 Å². The molecule has 0 bridgehead atoms. The maximum atomic E-state index is 11.9. The molecule has 2 rings (SSSR count). The summed E-state index contributed by atoms with van der Waals surface area (Å²) in [6, 6.07) is 7.26. The number of hydrogen-bond donors (Lipinski definition) is 1. The van der Waals surface area contributed by atoms with Crippen LogP contribution in [0, 0.1) is 13.8 Å². The predicted octanol–water partition coefficient (Wildman–Crippen LogP) is 2.65. The van der Waals surface area contributed by atoms with Crippen LogP contribution < -0.4 is 5.32 Å². The summed E-state index contributed by atoms with van der Waals surface area (Å²) in [5.74, 6) is -1.12. The number of ether oxygens (including phenoxy) is 1. The Hall–Kier alpha value is -2.63. The molecule has 0 aliphatic rings.